The molecule has 1 aliphatic rings. The molecule has 0 bridgehead atoms. The number of pyridine rings is 1. The largest absolute Gasteiger partial charge is 0.491 e. The average Bonchev–Trinajstić information content (AvgIpc) is 2.17. The van der Waals surface area contributed by atoms with Crippen molar-refractivity contribution in [3.8, 4) is 5.75 Å². The lowest BCUT2D eigenvalue weighted by atomic mass is 10.2. The van der Waals surface area contributed by atoms with E-state index in [9.17, 15) is 4.79 Å². The highest BCUT2D eigenvalue weighted by Gasteiger charge is 2.09. The topological polar surface area (TPSA) is 43.3 Å². The maximum absolute atomic E-state index is 11.4. The number of methoxy groups -OCH3 is 1. The lowest BCUT2D eigenvalue weighted by molar-refractivity contribution is 0.398. The molecular weight excluding hydrogens is 168 g/mol. The minimum Gasteiger partial charge on any atom is -0.491 e. The van der Waals surface area contributed by atoms with Gasteiger partial charge in [-0.05, 0) is 0 Å². The Kier molecular flexibility index (Phi) is 2.06. The predicted molar refractivity (Wildman–Crippen MR) is 49.0 cm³/mol. The van der Waals surface area contributed by atoms with Gasteiger partial charge < -0.3 is 14.6 Å². The van der Waals surface area contributed by atoms with Gasteiger partial charge in [0, 0.05) is 31.4 Å². The zero-order valence-corrected chi connectivity index (χ0v) is 7.54. The van der Waals surface area contributed by atoms with Crippen molar-refractivity contribution in [3.63, 3.8) is 0 Å². The number of fused-ring (bicyclic) bond motifs is 1. The molecule has 0 spiro atoms. The Morgan fingerprint density at radius 3 is 3.23 bits per heavy atom. The highest BCUT2D eigenvalue weighted by Crippen LogP contribution is 2.08. The van der Waals surface area contributed by atoms with Gasteiger partial charge in [-0.1, -0.05) is 0 Å². The number of nitrogens with one attached hydrogen (secondary N) is 1. The van der Waals surface area contributed by atoms with E-state index in [1.165, 1.54) is 7.11 Å². The van der Waals surface area contributed by atoms with Crippen molar-refractivity contribution in [3.05, 3.63) is 28.2 Å². The van der Waals surface area contributed by atoms with Crippen molar-refractivity contribution in [1.29, 1.82) is 0 Å². The summed E-state index contributed by atoms with van der Waals surface area (Å²) in [7, 11) is 1.52. The maximum atomic E-state index is 11.4. The third kappa shape index (κ3) is 1.45. The van der Waals surface area contributed by atoms with Crippen molar-refractivity contribution in [1.82, 2.24) is 9.88 Å². The average molecular weight is 180 g/mol. The second-order valence-corrected chi connectivity index (χ2v) is 3.07. The zero-order chi connectivity index (χ0) is 9.26. The van der Waals surface area contributed by atoms with Crippen LogP contribution in [0.5, 0.6) is 5.75 Å². The zero-order valence-electron chi connectivity index (χ0n) is 7.54. The third-order valence-corrected chi connectivity index (χ3v) is 2.24. The molecule has 0 saturated heterocycles. The van der Waals surface area contributed by atoms with E-state index in [-0.39, 0.29) is 5.43 Å². The molecule has 4 nitrogen and oxygen atoms in total. The molecule has 0 radical (unpaired) electrons. The molecule has 0 amide bonds. The molecule has 0 unspecified atom stereocenters. The molecule has 1 aromatic rings. The van der Waals surface area contributed by atoms with Crippen molar-refractivity contribution in [2.75, 3.05) is 13.7 Å². The monoisotopic (exact) mass is 180 g/mol. The van der Waals surface area contributed by atoms with Gasteiger partial charge in [0.15, 0.2) is 5.75 Å². The Morgan fingerprint density at radius 2 is 2.46 bits per heavy atom. The van der Waals surface area contributed by atoms with Crippen molar-refractivity contribution >= 4 is 0 Å². The number of aromatic nitrogens is 1. The fraction of sp³-hybridized carbons (Fsp3) is 0.444. The Hall–Kier alpha value is -1.29. The molecule has 0 aliphatic carbocycles. The standard InChI is InChI=1S/C9H12N2O2/c1-13-9-6-11-3-2-10-5-7(11)4-8(9)12/h4,6,10H,2-3,5H2,1H3. The van der Waals surface area contributed by atoms with Crippen LogP contribution in [0, 0.1) is 0 Å². The van der Waals surface area contributed by atoms with Crippen LogP contribution in [0.4, 0.5) is 0 Å². The number of rotatable bonds is 1. The van der Waals surface area contributed by atoms with Gasteiger partial charge in [-0.3, -0.25) is 4.79 Å². The van der Waals surface area contributed by atoms with Crippen molar-refractivity contribution in [2.24, 2.45) is 0 Å². The SMILES string of the molecule is COc1cn2c(cc1=O)CNCC2. The normalized spacial score (nSPS) is 15.2. The summed E-state index contributed by atoms with van der Waals surface area (Å²) >= 11 is 0. The van der Waals surface area contributed by atoms with Crippen LogP contribution < -0.4 is 15.5 Å². The smallest absolute Gasteiger partial charge is 0.223 e. The van der Waals surface area contributed by atoms with Gasteiger partial charge in [0.2, 0.25) is 5.43 Å². The van der Waals surface area contributed by atoms with Gasteiger partial charge in [-0.15, -0.1) is 0 Å². The summed E-state index contributed by atoms with van der Waals surface area (Å²) < 4.78 is 7.01. The molecule has 1 aliphatic heterocycles. The van der Waals surface area contributed by atoms with Crippen LogP contribution in [0.3, 0.4) is 0 Å². The Bertz CT molecular complexity index is 370. The van der Waals surface area contributed by atoms with Gasteiger partial charge in [0.1, 0.15) is 0 Å². The molecule has 70 valence electrons. The Labute approximate surface area is 76.1 Å². The lowest BCUT2D eigenvalue weighted by Gasteiger charge is -2.20. The lowest BCUT2D eigenvalue weighted by Crippen LogP contribution is -2.30. The van der Waals surface area contributed by atoms with Crippen LogP contribution in [0.25, 0.3) is 0 Å². The van der Waals surface area contributed by atoms with Gasteiger partial charge >= 0.3 is 0 Å². The summed E-state index contributed by atoms with van der Waals surface area (Å²) in [6.45, 7) is 2.60. The number of hydrogen-bond acceptors (Lipinski definition) is 3. The molecule has 1 N–H and O–H groups in total. The van der Waals surface area contributed by atoms with E-state index in [0.717, 1.165) is 25.3 Å². The van der Waals surface area contributed by atoms with Crippen LogP contribution in [-0.4, -0.2) is 18.2 Å². The second-order valence-electron chi connectivity index (χ2n) is 3.07. The summed E-state index contributed by atoms with van der Waals surface area (Å²) in [6.07, 6.45) is 1.78. The van der Waals surface area contributed by atoms with E-state index in [2.05, 4.69) is 9.88 Å². The van der Waals surface area contributed by atoms with Gasteiger partial charge in [-0.25, -0.2) is 0 Å². The summed E-state index contributed by atoms with van der Waals surface area (Å²) in [5.41, 5.74) is 0.981. The second kappa shape index (κ2) is 3.22. The predicted octanol–water partition coefficient (Wildman–Crippen LogP) is -0.0399. The summed E-state index contributed by atoms with van der Waals surface area (Å²) in [5.74, 6) is 0.422. The summed E-state index contributed by atoms with van der Waals surface area (Å²) in [6, 6.07) is 1.63. The van der Waals surface area contributed by atoms with Crippen LogP contribution in [0.1, 0.15) is 5.69 Å². The summed E-state index contributed by atoms with van der Waals surface area (Å²) in [4.78, 5) is 11.4. The van der Waals surface area contributed by atoms with Crippen molar-refractivity contribution < 1.29 is 4.74 Å². The van der Waals surface area contributed by atoms with Crippen LogP contribution >= 0.6 is 0 Å². The molecule has 13 heavy (non-hydrogen) atoms. The fourth-order valence-corrected chi connectivity index (χ4v) is 1.52. The van der Waals surface area contributed by atoms with Gasteiger partial charge in [-0.2, -0.15) is 0 Å². The third-order valence-electron chi connectivity index (χ3n) is 2.24. The van der Waals surface area contributed by atoms with Gasteiger partial charge in [0.25, 0.3) is 0 Å². The van der Waals surface area contributed by atoms with Crippen LogP contribution in [0.15, 0.2) is 17.1 Å². The first kappa shape index (κ1) is 8.31. The molecule has 4 heteroatoms. The van der Waals surface area contributed by atoms with E-state index < -0.39 is 0 Å². The summed E-state index contributed by atoms with van der Waals surface area (Å²) in [5, 5.41) is 3.21. The molecule has 0 atom stereocenters. The van der Waals surface area contributed by atoms with E-state index in [4.69, 9.17) is 4.74 Å². The molecule has 0 fully saturated rings. The highest BCUT2D eigenvalue weighted by molar-refractivity contribution is 5.22. The number of nitrogens with zero attached hydrogens (tertiary/aromatic N) is 1. The fourth-order valence-electron chi connectivity index (χ4n) is 1.52. The molecule has 2 heterocycles. The Morgan fingerprint density at radius 1 is 1.62 bits per heavy atom. The first-order valence-electron chi connectivity index (χ1n) is 4.29. The van der Waals surface area contributed by atoms with E-state index in [0.29, 0.717) is 5.75 Å². The Balaban J connectivity index is 2.51. The molecular formula is C9H12N2O2. The molecule has 1 aromatic heterocycles. The molecule has 0 aromatic carbocycles. The maximum Gasteiger partial charge on any atom is 0.223 e. The first-order valence-corrected chi connectivity index (χ1v) is 4.29. The van der Waals surface area contributed by atoms with Crippen LogP contribution in [-0.2, 0) is 13.1 Å². The number of hydrogen-bond donors (Lipinski definition) is 1. The van der Waals surface area contributed by atoms with Gasteiger partial charge in [0.05, 0.1) is 13.3 Å². The quantitative estimate of drug-likeness (QED) is 0.659. The highest BCUT2D eigenvalue weighted by atomic mass is 16.5. The molecule has 2 rings (SSSR count). The van der Waals surface area contributed by atoms with Crippen molar-refractivity contribution in [2.45, 2.75) is 13.1 Å². The van der Waals surface area contributed by atoms with Crippen LogP contribution in [0.2, 0.25) is 0 Å². The van der Waals surface area contributed by atoms with E-state index >= 15 is 0 Å². The minimum absolute atomic E-state index is 0.0440. The molecule has 0 saturated carbocycles. The minimum atomic E-state index is -0.0440. The first-order chi connectivity index (χ1) is 6.31. The van der Waals surface area contributed by atoms with E-state index in [1.807, 2.05) is 0 Å². The number of ether oxygens (including phenoxy) is 1. The van der Waals surface area contributed by atoms with E-state index in [1.54, 1.807) is 12.3 Å².